The zero-order chi connectivity index (χ0) is 21.7. The van der Waals surface area contributed by atoms with Crippen molar-refractivity contribution in [3.8, 4) is 0 Å². The standard InChI is InChI=1S/C22H17Cl2NO4S/c1-29-22(26)16-5-2-15(3-6-16)4-7-17-14-19(24)10-13-21(17)25-30(27,28)20-11-8-18(23)9-12-20/h2-14,25H,1H3/b7-4-. The minimum absolute atomic E-state index is 0.0928. The highest BCUT2D eigenvalue weighted by Crippen LogP contribution is 2.26. The number of hydrogen-bond acceptors (Lipinski definition) is 4. The van der Waals surface area contributed by atoms with E-state index in [0.29, 0.717) is 26.9 Å². The summed E-state index contributed by atoms with van der Waals surface area (Å²) in [5.74, 6) is -0.417. The fourth-order valence-electron chi connectivity index (χ4n) is 2.62. The Kier molecular flexibility index (Phi) is 6.82. The predicted octanol–water partition coefficient (Wildman–Crippen LogP) is 5.75. The van der Waals surface area contributed by atoms with Gasteiger partial charge < -0.3 is 4.74 Å². The van der Waals surface area contributed by atoms with Crippen LogP contribution in [0.3, 0.4) is 0 Å². The van der Waals surface area contributed by atoms with Crippen molar-refractivity contribution in [2.75, 3.05) is 11.8 Å². The minimum Gasteiger partial charge on any atom is -0.465 e. The van der Waals surface area contributed by atoms with E-state index in [-0.39, 0.29) is 4.90 Å². The number of carbonyl (C=O) groups is 1. The number of benzene rings is 3. The summed E-state index contributed by atoms with van der Waals surface area (Å²) in [6, 6.07) is 17.5. The molecule has 0 unspecified atom stereocenters. The molecule has 3 aromatic rings. The van der Waals surface area contributed by atoms with Crippen LogP contribution in [0.1, 0.15) is 21.5 Å². The monoisotopic (exact) mass is 461 g/mol. The molecule has 0 radical (unpaired) electrons. The number of nitrogens with one attached hydrogen (secondary N) is 1. The van der Waals surface area contributed by atoms with Crippen LogP contribution in [-0.2, 0) is 14.8 Å². The van der Waals surface area contributed by atoms with Crippen LogP contribution in [0.2, 0.25) is 10.0 Å². The predicted molar refractivity (Wildman–Crippen MR) is 120 cm³/mol. The van der Waals surface area contributed by atoms with Crippen LogP contribution >= 0.6 is 23.2 Å². The molecule has 0 atom stereocenters. The van der Waals surface area contributed by atoms with Crippen molar-refractivity contribution in [2.24, 2.45) is 0 Å². The van der Waals surface area contributed by atoms with Crippen molar-refractivity contribution in [2.45, 2.75) is 4.90 Å². The quantitative estimate of drug-likeness (QED) is 0.374. The smallest absolute Gasteiger partial charge is 0.337 e. The lowest BCUT2D eigenvalue weighted by Crippen LogP contribution is -2.13. The van der Waals surface area contributed by atoms with E-state index in [2.05, 4.69) is 9.46 Å². The Morgan fingerprint density at radius 3 is 2.17 bits per heavy atom. The van der Waals surface area contributed by atoms with Gasteiger partial charge in [-0.2, -0.15) is 0 Å². The van der Waals surface area contributed by atoms with Crippen molar-refractivity contribution in [3.63, 3.8) is 0 Å². The Hall–Kier alpha value is -2.80. The second-order valence-electron chi connectivity index (χ2n) is 6.24. The first-order valence-corrected chi connectivity index (χ1v) is 11.0. The van der Waals surface area contributed by atoms with Crippen molar-refractivity contribution in [1.29, 1.82) is 0 Å². The number of methoxy groups -OCH3 is 1. The Morgan fingerprint density at radius 1 is 0.900 bits per heavy atom. The number of anilines is 1. The van der Waals surface area contributed by atoms with Crippen LogP contribution in [0.4, 0.5) is 5.69 Å². The first kappa shape index (κ1) is 21.9. The molecule has 0 aliphatic carbocycles. The Bertz CT molecular complexity index is 1190. The van der Waals surface area contributed by atoms with Gasteiger partial charge in [0.25, 0.3) is 10.0 Å². The number of halogens is 2. The van der Waals surface area contributed by atoms with Gasteiger partial charge in [-0.25, -0.2) is 13.2 Å². The number of ether oxygens (including phenoxy) is 1. The summed E-state index contributed by atoms with van der Waals surface area (Å²) in [7, 11) is -2.48. The fraction of sp³-hybridized carbons (Fsp3) is 0.0455. The summed E-state index contributed by atoms with van der Waals surface area (Å²) in [5.41, 5.74) is 2.21. The molecule has 3 rings (SSSR count). The van der Waals surface area contributed by atoms with E-state index in [1.165, 1.54) is 31.4 Å². The lowest BCUT2D eigenvalue weighted by Gasteiger charge is -2.11. The van der Waals surface area contributed by atoms with Crippen LogP contribution in [0.5, 0.6) is 0 Å². The zero-order valence-corrected chi connectivity index (χ0v) is 18.1. The third kappa shape index (κ3) is 5.42. The van der Waals surface area contributed by atoms with Crippen LogP contribution in [-0.4, -0.2) is 21.5 Å². The van der Waals surface area contributed by atoms with Crippen LogP contribution in [0, 0.1) is 0 Å². The maximum atomic E-state index is 12.7. The lowest BCUT2D eigenvalue weighted by molar-refractivity contribution is 0.0600. The van der Waals surface area contributed by atoms with Gasteiger partial charge in [0.15, 0.2) is 0 Å². The van der Waals surface area contributed by atoms with Gasteiger partial charge in [0.05, 0.1) is 23.3 Å². The average Bonchev–Trinajstić information content (AvgIpc) is 2.74. The fourth-order valence-corrected chi connectivity index (χ4v) is 4.01. The molecule has 0 bridgehead atoms. The van der Waals surface area contributed by atoms with Gasteiger partial charge in [0, 0.05) is 15.6 Å². The van der Waals surface area contributed by atoms with E-state index < -0.39 is 16.0 Å². The van der Waals surface area contributed by atoms with E-state index in [9.17, 15) is 13.2 Å². The molecule has 0 amide bonds. The molecule has 30 heavy (non-hydrogen) atoms. The van der Waals surface area contributed by atoms with Gasteiger partial charge in [-0.05, 0) is 60.2 Å². The first-order valence-electron chi connectivity index (χ1n) is 8.73. The van der Waals surface area contributed by atoms with Gasteiger partial charge >= 0.3 is 5.97 Å². The van der Waals surface area contributed by atoms with E-state index >= 15 is 0 Å². The van der Waals surface area contributed by atoms with Crippen molar-refractivity contribution >= 4 is 57.0 Å². The van der Waals surface area contributed by atoms with Crippen LogP contribution in [0.25, 0.3) is 12.2 Å². The van der Waals surface area contributed by atoms with Gasteiger partial charge in [0.2, 0.25) is 0 Å². The molecule has 0 aromatic heterocycles. The van der Waals surface area contributed by atoms with E-state index in [1.807, 2.05) is 0 Å². The molecule has 0 saturated carbocycles. The van der Waals surface area contributed by atoms with Crippen molar-refractivity contribution in [3.05, 3.63) is 93.5 Å². The van der Waals surface area contributed by atoms with E-state index in [1.54, 1.807) is 54.6 Å². The van der Waals surface area contributed by atoms with E-state index in [0.717, 1.165) is 5.56 Å². The van der Waals surface area contributed by atoms with Gasteiger partial charge in [-0.1, -0.05) is 47.5 Å². The summed E-state index contributed by atoms with van der Waals surface area (Å²) in [6.45, 7) is 0. The highest BCUT2D eigenvalue weighted by atomic mass is 35.5. The molecule has 1 N–H and O–H groups in total. The molecule has 0 fully saturated rings. The first-order chi connectivity index (χ1) is 14.3. The maximum Gasteiger partial charge on any atom is 0.337 e. The van der Waals surface area contributed by atoms with Crippen molar-refractivity contribution in [1.82, 2.24) is 0 Å². The molecule has 0 aliphatic heterocycles. The topological polar surface area (TPSA) is 72.5 Å². The Morgan fingerprint density at radius 2 is 1.53 bits per heavy atom. The number of sulfonamides is 1. The van der Waals surface area contributed by atoms with Crippen molar-refractivity contribution < 1.29 is 17.9 Å². The molecule has 154 valence electrons. The summed E-state index contributed by atoms with van der Waals surface area (Å²) in [4.78, 5) is 11.6. The normalized spacial score (nSPS) is 11.4. The molecule has 0 aliphatic rings. The maximum absolute atomic E-state index is 12.7. The zero-order valence-electron chi connectivity index (χ0n) is 15.8. The second-order valence-corrected chi connectivity index (χ2v) is 8.79. The van der Waals surface area contributed by atoms with Gasteiger partial charge in [-0.15, -0.1) is 0 Å². The number of hydrogen-bond donors (Lipinski definition) is 1. The molecule has 3 aromatic carbocycles. The van der Waals surface area contributed by atoms with E-state index in [4.69, 9.17) is 23.2 Å². The third-order valence-corrected chi connectivity index (χ3v) is 6.04. The Labute approximate surface area is 185 Å². The molecule has 5 nitrogen and oxygen atoms in total. The average molecular weight is 462 g/mol. The lowest BCUT2D eigenvalue weighted by atomic mass is 10.1. The molecule has 0 spiro atoms. The second kappa shape index (κ2) is 9.34. The van der Waals surface area contributed by atoms with Crippen LogP contribution in [0.15, 0.2) is 71.6 Å². The summed E-state index contributed by atoms with van der Waals surface area (Å²) < 4.78 is 32.7. The van der Waals surface area contributed by atoms with Gasteiger partial charge in [-0.3, -0.25) is 4.72 Å². The Balaban J connectivity index is 1.87. The molecule has 0 saturated heterocycles. The van der Waals surface area contributed by atoms with Gasteiger partial charge in [0.1, 0.15) is 0 Å². The molecular weight excluding hydrogens is 445 g/mol. The number of rotatable bonds is 6. The summed E-state index contributed by atoms with van der Waals surface area (Å²) in [6.07, 6.45) is 3.52. The highest BCUT2D eigenvalue weighted by molar-refractivity contribution is 7.92. The third-order valence-electron chi connectivity index (χ3n) is 4.17. The number of carbonyl (C=O) groups excluding carboxylic acids is 1. The number of esters is 1. The molecular formula is C22H17Cl2NO4S. The SMILES string of the molecule is COC(=O)c1ccc(/C=C\c2cc(Cl)ccc2NS(=O)(=O)c2ccc(Cl)cc2)cc1. The summed E-state index contributed by atoms with van der Waals surface area (Å²) >= 11 is 11.9. The highest BCUT2D eigenvalue weighted by Gasteiger charge is 2.15. The molecule has 0 heterocycles. The minimum atomic E-state index is -3.80. The largest absolute Gasteiger partial charge is 0.465 e. The molecule has 8 heteroatoms. The summed E-state index contributed by atoms with van der Waals surface area (Å²) in [5, 5.41) is 0.910. The van der Waals surface area contributed by atoms with Crippen LogP contribution < -0.4 is 4.72 Å².